The first-order valence-electron chi connectivity index (χ1n) is 9.29. The predicted octanol–water partition coefficient (Wildman–Crippen LogP) is 2.41. The van der Waals surface area contributed by atoms with Crippen LogP contribution in [0.1, 0.15) is 19.3 Å². The van der Waals surface area contributed by atoms with E-state index in [2.05, 4.69) is 10.3 Å². The van der Waals surface area contributed by atoms with Gasteiger partial charge < -0.3 is 15.1 Å². The normalized spacial score (nSPS) is 21.1. The topological polar surface area (TPSA) is 82.6 Å². The Morgan fingerprint density at radius 3 is 2.79 bits per heavy atom. The van der Waals surface area contributed by atoms with Crippen molar-refractivity contribution in [2.24, 2.45) is 0 Å². The van der Waals surface area contributed by atoms with Crippen molar-refractivity contribution >= 4 is 49.4 Å². The van der Waals surface area contributed by atoms with Gasteiger partial charge in [-0.2, -0.15) is 0 Å². The van der Waals surface area contributed by atoms with Gasteiger partial charge in [-0.05, 0) is 37.5 Å². The highest BCUT2D eigenvalue weighted by Gasteiger charge is 2.35. The van der Waals surface area contributed by atoms with Crippen molar-refractivity contribution in [1.82, 2.24) is 14.8 Å². The van der Waals surface area contributed by atoms with E-state index < -0.39 is 16.8 Å². The molecule has 1 atom stereocenters. The van der Waals surface area contributed by atoms with Crippen LogP contribution in [0.5, 0.6) is 0 Å². The molecule has 0 bridgehead atoms. The summed E-state index contributed by atoms with van der Waals surface area (Å²) in [5.41, 5.74) is 0.625. The van der Waals surface area contributed by atoms with Crippen LogP contribution in [0.15, 0.2) is 18.2 Å². The molecule has 28 heavy (non-hydrogen) atoms. The van der Waals surface area contributed by atoms with Crippen molar-refractivity contribution in [1.29, 1.82) is 0 Å². The van der Waals surface area contributed by atoms with E-state index in [0.717, 1.165) is 12.8 Å². The molecule has 1 aromatic heterocycles. The average Bonchev–Trinajstić information content (AvgIpc) is 3.09. The number of anilines is 1. The van der Waals surface area contributed by atoms with Crippen molar-refractivity contribution in [3.05, 3.63) is 24.0 Å². The van der Waals surface area contributed by atoms with Gasteiger partial charge in [0.05, 0.1) is 10.2 Å². The molecule has 10 heteroatoms. The number of likely N-dealkylation sites (tertiary alicyclic amines) is 1. The third-order valence-corrected chi connectivity index (χ3v) is 7.29. The molecular formula is C18H21FN4O3S2. The Hall–Kier alpha value is -2.07. The molecule has 150 valence electrons. The Labute approximate surface area is 168 Å². The summed E-state index contributed by atoms with van der Waals surface area (Å²) in [5.74, 6) is 0.353. The molecule has 1 aromatic carbocycles. The second kappa shape index (κ2) is 8.12. The molecule has 0 spiro atoms. The highest BCUT2D eigenvalue weighted by molar-refractivity contribution is 7.85. The number of thiazole rings is 1. The number of rotatable bonds is 2. The SMILES string of the molecule is O=C(Nc1nc2ccc(F)cc2s1)[C@@H]1CCCCN1C(=O)N1CCS(=O)CC1. The van der Waals surface area contributed by atoms with Crippen LogP contribution in [0.3, 0.4) is 0 Å². The lowest BCUT2D eigenvalue weighted by molar-refractivity contribution is -0.121. The summed E-state index contributed by atoms with van der Waals surface area (Å²) in [4.78, 5) is 33.4. The first-order chi connectivity index (χ1) is 13.5. The standard InChI is InChI=1S/C18H21FN4O3S2/c19-12-4-5-13-15(11-12)27-17(20-13)21-16(24)14-3-1-2-6-23(14)18(25)22-7-9-28(26)10-8-22/h4-5,11,14H,1-3,6-10H2,(H,20,21,24)/t14-/m0/s1. The highest BCUT2D eigenvalue weighted by Crippen LogP contribution is 2.28. The Morgan fingerprint density at radius 1 is 1.21 bits per heavy atom. The summed E-state index contributed by atoms with van der Waals surface area (Å²) in [7, 11) is -0.861. The molecule has 0 saturated carbocycles. The van der Waals surface area contributed by atoms with Crippen LogP contribution < -0.4 is 5.32 Å². The highest BCUT2D eigenvalue weighted by atomic mass is 32.2. The van der Waals surface area contributed by atoms with Gasteiger partial charge in [0.1, 0.15) is 11.9 Å². The molecule has 4 rings (SSSR count). The number of carbonyl (C=O) groups is 2. The number of carbonyl (C=O) groups excluding carboxylic acids is 2. The van der Waals surface area contributed by atoms with Crippen LogP contribution in [-0.2, 0) is 15.6 Å². The molecule has 3 heterocycles. The minimum Gasteiger partial charge on any atom is -0.323 e. The van der Waals surface area contributed by atoms with E-state index in [1.54, 1.807) is 15.9 Å². The fraction of sp³-hybridized carbons (Fsp3) is 0.500. The Balaban J connectivity index is 1.47. The van der Waals surface area contributed by atoms with Gasteiger partial charge in [0.25, 0.3) is 0 Å². The van der Waals surface area contributed by atoms with Gasteiger partial charge >= 0.3 is 6.03 Å². The molecule has 2 aliphatic rings. The molecule has 2 aromatic rings. The molecule has 3 amide bonds. The summed E-state index contributed by atoms with van der Waals surface area (Å²) in [6, 6.07) is 3.58. The summed E-state index contributed by atoms with van der Waals surface area (Å²) in [6.45, 7) is 1.45. The largest absolute Gasteiger partial charge is 0.323 e. The zero-order chi connectivity index (χ0) is 19.7. The van der Waals surface area contributed by atoms with E-state index in [1.807, 2.05) is 0 Å². The first kappa shape index (κ1) is 19.3. The molecule has 0 unspecified atom stereocenters. The van der Waals surface area contributed by atoms with Gasteiger partial charge in [-0.3, -0.25) is 9.00 Å². The van der Waals surface area contributed by atoms with E-state index >= 15 is 0 Å². The number of amides is 3. The maximum atomic E-state index is 13.4. The van der Waals surface area contributed by atoms with E-state index in [1.165, 1.54) is 23.5 Å². The van der Waals surface area contributed by atoms with Crippen LogP contribution in [-0.4, -0.2) is 68.1 Å². The van der Waals surface area contributed by atoms with E-state index in [0.29, 0.717) is 52.9 Å². The van der Waals surface area contributed by atoms with Gasteiger partial charge in [-0.15, -0.1) is 0 Å². The Bertz CT molecular complexity index is 925. The summed E-state index contributed by atoms with van der Waals surface area (Å²) in [5, 5.41) is 3.20. The fourth-order valence-electron chi connectivity index (χ4n) is 3.58. The maximum Gasteiger partial charge on any atom is 0.320 e. The molecule has 2 aliphatic heterocycles. The molecule has 1 N–H and O–H groups in total. The van der Waals surface area contributed by atoms with Gasteiger partial charge in [0, 0.05) is 41.9 Å². The molecular weight excluding hydrogens is 403 g/mol. The van der Waals surface area contributed by atoms with Crippen molar-refractivity contribution in [2.75, 3.05) is 36.5 Å². The van der Waals surface area contributed by atoms with Gasteiger partial charge in [0.15, 0.2) is 5.13 Å². The quantitative estimate of drug-likeness (QED) is 0.803. The number of benzene rings is 1. The fourth-order valence-corrected chi connectivity index (χ4v) is 5.53. The summed E-state index contributed by atoms with van der Waals surface area (Å²) < 4.78 is 25.6. The number of hydrogen-bond donors (Lipinski definition) is 1. The Kier molecular flexibility index (Phi) is 5.58. The Morgan fingerprint density at radius 2 is 2.00 bits per heavy atom. The van der Waals surface area contributed by atoms with Gasteiger partial charge in [0.2, 0.25) is 5.91 Å². The lowest BCUT2D eigenvalue weighted by atomic mass is 10.0. The number of halogens is 1. The van der Waals surface area contributed by atoms with E-state index in [9.17, 15) is 18.2 Å². The summed E-state index contributed by atoms with van der Waals surface area (Å²) >= 11 is 1.21. The minimum absolute atomic E-state index is 0.164. The second-order valence-electron chi connectivity index (χ2n) is 6.94. The van der Waals surface area contributed by atoms with Crippen LogP contribution in [0.4, 0.5) is 14.3 Å². The average molecular weight is 425 g/mol. The van der Waals surface area contributed by atoms with Crippen molar-refractivity contribution in [2.45, 2.75) is 25.3 Å². The number of nitrogens with zero attached hydrogens (tertiary/aromatic N) is 3. The number of fused-ring (bicyclic) bond motifs is 1. The minimum atomic E-state index is -0.861. The predicted molar refractivity (Wildman–Crippen MR) is 107 cm³/mol. The number of aromatic nitrogens is 1. The van der Waals surface area contributed by atoms with Crippen LogP contribution >= 0.6 is 11.3 Å². The molecule has 0 radical (unpaired) electrons. The van der Waals surface area contributed by atoms with E-state index in [-0.39, 0.29) is 17.8 Å². The monoisotopic (exact) mass is 424 g/mol. The van der Waals surface area contributed by atoms with Gasteiger partial charge in [-0.1, -0.05) is 11.3 Å². The molecule has 2 fully saturated rings. The first-order valence-corrected chi connectivity index (χ1v) is 11.6. The van der Waals surface area contributed by atoms with Crippen LogP contribution in [0.25, 0.3) is 10.2 Å². The molecule has 7 nitrogen and oxygen atoms in total. The number of urea groups is 1. The second-order valence-corrected chi connectivity index (χ2v) is 9.67. The lowest BCUT2D eigenvalue weighted by Gasteiger charge is -2.39. The van der Waals surface area contributed by atoms with Crippen LogP contribution in [0, 0.1) is 5.82 Å². The molecule has 2 saturated heterocycles. The third kappa shape index (κ3) is 4.02. The lowest BCUT2D eigenvalue weighted by Crippen LogP contribution is -2.56. The maximum absolute atomic E-state index is 13.4. The summed E-state index contributed by atoms with van der Waals surface area (Å²) in [6.07, 6.45) is 2.32. The van der Waals surface area contributed by atoms with Crippen LogP contribution in [0.2, 0.25) is 0 Å². The van der Waals surface area contributed by atoms with E-state index in [4.69, 9.17) is 0 Å². The third-order valence-electron chi connectivity index (χ3n) is 5.08. The number of piperidine rings is 1. The molecule has 0 aliphatic carbocycles. The zero-order valence-electron chi connectivity index (χ0n) is 15.2. The zero-order valence-corrected chi connectivity index (χ0v) is 16.9. The number of nitrogens with one attached hydrogen (secondary N) is 1. The van der Waals surface area contributed by atoms with Crippen molar-refractivity contribution in [3.63, 3.8) is 0 Å². The van der Waals surface area contributed by atoms with Crippen molar-refractivity contribution in [3.8, 4) is 0 Å². The van der Waals surface area contributed by atoms with Crippen molar-refractivity contribution < 1.29 is 18.2 Å². The smallest absolute Gasteiger partial charge is 0.320 e. The van der Waals surface area contributed by atoms with Gasteiger partial charge in [-0.25, -0.2) is 14.2 Å². The number of hydrogen-bond acceptors (Lipinski definition) is 5.